The van der Waals surface area contributed by atoms with Crippen molar-refractivity contribution in [2.75, 3.05) is 33.2 Å². The van der Waals surface area contributed by atoms with Gasteiger partial charge in [0.15, 0.2) is 5.84 Å². The molecule has 1 aromatic carbocycles. The monoisotopic (exact) mass is 361 g/mol. The molecule has 2 fully saturated rings. The van der Waals surface area contributed by atoms with E-state index in [1.807, 2.05) is 24.4 Å². The lowest BCUT2D eigenvalue weighted by Gasteiger charge is -2.42. The Morgan fingerprint density at radius 2 is 2.00 bits per heavy atom. The minimum Gasteiger partial charge on any atom is -0.365 e. The van der Waals surface area contributed by atoms with Gasteiger partial charge in [-0.3, -0.25) is 14.9 Å². The molecule has 1 aliphatic carbocycles. The number of aliphatic imine (C=N–C) groups is 1. The standard InChI is InChI=1S/C20H23N7/c1-26-10-11-27(14-20(26)5-6-20)18-4-7-24-25-19(18)23-13-15-2-3-16-17(12-15)22-9-8-21-16/h2-4,8-9,12-13,24H,5-7,10-11,14H2,1H3. The van der Waals surface area contributed by atoms with Gasteiger partial charge in [0.1, 0.15) is 0 Å². The molecule has 1 saturated heterocycles. The third-order valence-corrected chi connectivity index (χ3v) is 5.80. The van der Waals surface area contributed by atoms with Crippen LogP contribution in [0.15, 0.2) is 52.5 Å². The molecule has 0 bridgehead atoms. The molecule has 5 rings (SSSR count). The molecule has 2 aliphatic heterocycles. The number of aromatic nitrogens is 2. The quantitative estimate of drug-likeness (QED) is 0.824. The molecule has 27 heavy (non-hydrogen) atoms. The van der Waals surface area contributed by atoms with E-state index in [2.05, 4.69) is 43.4 Å². The first kappa shape index (κ1) is 16.4. The van der Waals surface area contributed by atoms with Crippen LogP contribution in [-0.4, -0.2) is 70.6 Å². The molecule has 0 unspecified atom stereocenters. The molecule has 1 spiro atoms. The smallest absolute Gasteiger partial charge is 0.194 e. The highest BCUT2D eigenvalue weighted by molar-refractivity contribution is 6.05. The van der Waals surface area contributed by atoms with Gasteiger partial charge >= 0.3 is 0 Å². The molecule has 1 saturated carbocycles. The Labute approximate surface area is 158 Å². The first-order valence-corrected chi connectivity index (χ1v) is 9.46. The maximum atomic E-state index is 4.69. The highest BCUT2D eigenvalue weighted by Crippen LogP contribution is 2.44. The number of nitrogens with one attached hydrogen (secondary N) is 1. The maximum absolute atomic E-state index is 4.69. The number of hydrazone groups is 1. The summed E-state index contributed by atoms with van der Waals surface area (Å²) >= 11 is 0. The van der Waals surface area contributed by atoms with E-state index >= 15 is 0 Å². The fourth-order valence-electron chi connectivity index (χ4n) is 3.93. The first-order valence-electron chi connectivity index (χ1n) is 9.46. The summed E-state index contributed by atoms with van der Waals surface area (Å²) in [7, 11) is 2.25. The van der Waals surface area contributed by atoms with Gasteiger partial charge in [-0.25, -0.2) is 4.99 Å². The Morgan fingerprint density at radius 1 is 1.15 bits per heavy atom. The van der Waals surface area contributed by atoms with Crippen LogP contribution in [0.1, 0.15) is 18.4 Å². The van der Waals surface area contributed by atoms with Crippen molar-refractivity contribution >= 4 is 23.1 Å². The van der Waals surface area contributed by atoms with Gasteiger partial charge in [0.25, 0.3) is 0 Å². The normalized spacial score (nSPS) is 22.0. The predicted molar refractivity (Wildman–Crippen MR) is 107 cm³/mol. The van der Waals surface area contributed by atoms with Crippen molar-refractivity contribution < 1.29 is 0 Å². The van der Waals surface area contributed by atoms with Crippen molar-refractivity contribution in [1.29, 1.82) is 0 Å². The van der Waals surface area contributed by atoms with Crippen LogP contribution >= 0.6 is 0 Å². The lowest BCUT2D eigenvalue weighted by atomic mass is 10.1. The molecule has 3 heterocycles. The van der Waals surface area contributed by atoms with E-state index in [0.717, 1.165) is 54.3 Å². The van der Waals surface area contributed by atoms with E-state index in [1.165, 1.54) is 12.8 Å². The summed E-state index contributed by atoms with van der Waals surface area (Å²) in [5.41, 5.74) is 7.32. The summed E-state index contributed by atoms with van der Waals surface area (Å²) in [6.45, 7) is 3.92. The lowest BCUT2D eigenvalue weighted by molar-refractivity contribution is 0.106. The van der Waals surface area contributed by atoms with Gasteiger partial charge in [-0.1, -0.05) is 6.07 Å². The number of piperazine rings is 1. The minimum absolute atomic E-state index is 0.371. The highest BCUT2D eigenvalue weighted by Gasteiger charge is 2.50. The molecule has 138 valence electrons. The van der Waals surface area contributed by atoms with Crippen LogP contribution in [0.2, 0.25) is 0 Å². The lowest BCUT2D eigenvalue weighted by Crippen LogP contribution is -2.53. The Bertz CT molecular complexity index is 958. The summed E-state index contributed by atoms with van der Waals surface area (Å²) in [6.07, 6.45) is 10.1. The Kier molecular flexibility index (Phi) is 3.89. The summed E-state index contributed by atoms with van der Waals surface area (Å²) in [4.78, 5) is 18.3. The first-order chi connectivity index (χ1) is 13.2. The predicted octanol–water partition coefficient (Wildman–Crippen LogP) is 1.63. The zero-order valence-corrected chi connectivity index (χ0v) is 15.5. The van der Waals surface area contributed by atoms with E-state index in [0.29, 0.717) is 5.54 Å². The second kappa shape index (κ2) is 6.42. The average molecular weight is 361 g/mol. The SMILES string of the molecule is CN1CCN(C2=CCNN=C2N=Cc2ccc3nccnc3c2)CC12CC2. The Hall–Kier alpha value is -2.80. The highest BCUT2D eigenvalue weighted by atomic mass is 15.4. The van der Waals surface area contributed by atoms with E-state index in [4.69, 9.17) is 4.99 Å². The van der Waals surface area contributed by atoms with E-state index in [1.54, 1.807) is 12.4 Å². The summed E-state index contributed by atoms with van der Waals surface area (Å²) in [5.74, 6) is 0.751. The van der Waals surface area contributed by atoms with Crippen molar-refractivity contribution in [3.8, 4) is 0 Å². The second-order valence-corrected chi connectivity index (χ2v) is 7.52. The summed E-state index contributed by atoms with van der Waals surface area (Å²) in [6, 6.07) is 5.98. The molecule has 2 aromatic rings. The number of fused-ring (bicyclic) bond motifs is 1. The number of benzene rings is 1. The summed E-state index contributed by atoms with van der Waals surface area (Å²) in [5, 5.41) is 4.47. The van der Waals surface area contributed by atoms with Gasteiger partial charge in [-0.05, 0) is 43.7 Å². The molecule has 7 heteroatoms. The van der Waals surface area contributed by atoms with E-state index < -0.39 is 0 Å². The topological polar surface area (TPSA) is 69.0 Å². The van der Waals surface area contributed by atoms with Crippen LogP contribution < -0.4 is 5.43 Å². The van der Waals surface area contributed by atoms with Crippen LogP contribution in [0.3, 0.4) is 0 Å². The molecular weight excluding hydrogens is 338 g/mol. The fourth-order valence-corrected chi connectivity index (χ4v) is 3.93. The molecule has 1 N–H and O–H groups in total. The van der Waals surface area contributed by atoms with Gasteiger partial charge < -0.3 is 10.3 Å². The molecular formula is C20H23N7. The second-order valence-electron chi connectivity index (χ2n) is 7.52. The van der Waals surface area contributed by atoms with E-state index in [9.17, 15) is 0 Å². The van der Waals surface area contributed by atoms with Crippen LogP contribution in [0, 0.1) is 0 Å². The molecule has 3 aliphatic rings. The van der Waals surface area contributed by atoms with Crippen molar-refractivity contribution in [2.45, 2.75) is 18.4 Å². The number of rotatable bonds is 2. The number of nitrogens with zero attached hydrogens (tertiary/aromatic N) is 6. The van der Waals surface area contributed by atoms with Crippen LogP contribution in [0.25, 0.3) is 11.0 Å². The molecule has 0 atom stereocenters. The molecule has 0 radical (unpaired) electrons. The van der Waals surface area contributed by atoms with Gasteiger partial charge in [-0.2, -0.15) is 5.10 Å². The van der Waals surface area contributed by atoms with Gasteiger partial charge in [0.05, 0.1) is 23.3 Å². The van der Waals surface area contributed by atoms with Crippen LogP contribution in [-0.2, 0) is 0 Å². The zero-order chi connectivity index (χ0) is 18.3. The minimum atomic E-state index is 0.371. The number of hydrogen-bond donors (Lipinski definition) is 1. The van der Waals surface area contributed by atoms with E-state index in [-0.39, 0.29) is 0 Å². The Morgan fingerprint density at radius 3 is 2.85 bits per heavy atom. The maximum Gasteiger partial charge on any atom is 0.194 e. The third kappa shape index (κ3) is 3.08. The molecule has 7 nitrogen and oxygen atoms in total. The van der Waals surface area contributed by atoms with Gasteiger partial charge in [-0.15, -0.1) is 0 Å². The van der Waals surface area contributed by atoms with Crippen molar-refractivity contribution in [3.63, 3.8) is 0 Å². The largest absolute Gasteiger partial charge is 0.365 e. The number of amidine groups is 1. The number of hydrogen-bond acceptors (Lipinski definition) is 7. The van der Waals surface area contributed by atoms with Gasteiger partial charge in [0.2, 0.25) is 0 Å². The van der Waals surface area contributed by atoms with Crippen LogP contribution in [0.4, 0.5) is 0 Å². The third-order valence-electron chi connectivity index (χ3n) is 5.80. The van der Waals surface area contributed by atoms with Crippen molar-refractivity contribution in [2.24, 2.45) is 10.1 Å². The zero-order valence-electron chi connectivity index (χ0n) is 15.5. The number of likely N-dealkylation sites (N-methyl/N-ethyl adjacent to an activating group) is 1. The molecule has 1 aromatic heterocycles. The van der Waals surface area contributed by atoms with Gasteiger partial charge in [0, 0.05) is 43.8 Å². The molecule has 0 amide bonds. The summed E-state index contributed by atoms with van der Waals surface area (Å²) < 4.78 is 0. The fraction of sp³-hybridized carbons (Fsp3) is 0.400. The van der Waals surface area contributed by atoms with Crippen LogP contribution in [0.5, 0.6) is 0 Å². The van der Waals surface area contributed by atoms with Crippen molar-refractivity contribution in [1.82, 2.24) is 25.2 Å². The van der Waals surface area contributed by atoms with Crippen molar-refractivity contribution in [3.05, 3.63) is 47.9 Å². The Balaban J connectivity index is 1.37. The average Bonchev–Trinajstić information content (AvgIpc) is 3.49.